The van der Waals surface area contributed by atoms with Crippen molar-refractivity contribution in [3.63, 3.8) is 0 Å². The zero-order chi connectivity index (χ0) is 27.5. The van der Waals surface area contributed by atoms with Crippen LogP contribution in [-0.2, 0) is 19.5 Å². The molecule has 2 aromatic carbocycles. The van der Waals surface area contributed by atoms with Gasteiger partial charge in [0.2, 0.25) is 0 Å². The second-order valence-corrected chi connectivity index (χ2v) is 10.3. The van der Waals surface area contributed by atoms with Crippen molar-refractivity contribution >= 4 is 10.9 Å². The number of nitrogens with one attached hydrogen (secondary N) is 1. The maximum Gasteiger partial charge on any atom is 0.252 e. The van der Waals surface area contributed by atoms with Crippen LogP contribution in [-0.4, -0.2) is 64.1 Å². The number of rotatable bonds is 10. The van der Waals surface area contributed by atoms with Gasteiger partial charge >= 0.3 is 0 Å². The topological polar surface area (TPSA) is 117 Å². The van der Waals surface area contributed by atoms with E-state index in [2.05, 4.69) is 25.4 Å². The van der Waals surface area contributed by atoms with Gasteiger partial charge in [-0.2, -0.15) is 0 Å². The normalized spacial score (nSPS) is 15.2. The number of nitrogens with zero attached hydrogens (tertiary/aromatic N) is 5. The van der Waals surface area contributed by atoms with Gasteiger partial charge in [0, 0.05) is 30.1 Å². The van der Waals surface area contributed by atoms with Crippen molar-refractivity contribution in [1.82, 2.24) is 30.1 Å². The molecule has 0 spiro atoms. The molecule has 0 radical (unpaired) electrons. The number of aromatic amines is 1. The highest BCUT2D eigenvalue weighted by Crippen LogP contribution is 2.34. The lowest BCUT2D eigenvalue weighted by molar-refractivity contribution is 0.172. The standard InChI is InChI=1S/C29H34N6O5/c1-37-24-8-7-19(13-25(24)38-2)9-10-34(18-28-31-32-33-35(28)22-5-3-4-6-22)17-21-14-20-15-26-27(40-12-11-39-26)16-23(20)30-29(21)36/h7-8,13-16,22H,3-6,9-12,17-18H2,1-2H3,(H,30,36). The third-order valence-electron chi connectivity index (χ3n) is 7.74. The maximum absolute atomic E-state index is 13.2. The molecule has 210 valence electrons. The van der Waals surface area contributed by atoms with Crippen molar-refractivity contribution in [3.05, 3.63) is 63.7 Å². The first-order valence-corrected chi connectivity index (χ1v) is 13.8. The molecular formula is C29H34N6O5. The molecule has 1 fully saturated rings. The molecule has 11 heteroatoms. The molecule has 3 heterocycles. The summed E-state index contributed by atoms with van der Waals surface area (Å²) in [5.74, 6) is 3.54. The number of aromatic nitrogens is 5. The molecule has 2 aromatic heterocycles. The van der Waals surface area contributed by atoms with Gasteiger partial charge in [-0.3, -0.25) is 9.69 Å². The molecule has 0 amide bonds. The summed E-state index contributed by atoms with van der Waals surface area (Å²) in [4.78, 5) is 18.5. The molecule has 40 heavy (non-hydrogen) atoms. The minimum Gasteiger partial charge on any atom is -0.493 e. The van der Waals surface area contributed by atoms with Crippen molar-refractivity contribution in [2.75, 3.05) is 34.0 Å². The molecule has 0 atom stereocenters. The molecule has 1 aliphatic carbocycles. The zero-order valence-electron chi connectivity index (χ0n) is 22.9. The third-order valence-corrected chi connectivity index (χ3v) is 7.74. The molecule has 11 nitrogen and oxygen atoms in total. The Hall–Kier alpha value is -4.12. The van der Waals surface area contributed by atoms with E-state index in [0.29, 0.717) is 67.5 Å². The Morgan fingerprint density at radius 1 is 1.00 bits per heavy atom. The number of benzene rings is 2. The predicted molar refractivity (Wildman–Crippen MR) is 148 cm³/mol. The number of H-pyrrole nitrogens is 1. The molecule has 0 unspecified atom stereocenters. The van der Waals surface area contributed by atoms with Crippen LogP contribution in [0.15, 0.2) is 41.2 Å². The van der Waals surface area contributed by atoms with Gasteiger partial charge in [-0.05, 0) is 59.5 Å². The number of hydrogen-bond acceptors (Lipinski definition) is 9. The third kappa shape index (κ3) is 5.46. The number of hydrogen-bond donors (Lipinski definition) is 1. The Labute approximate surface area is 232 Å². The Morgan fingerprint density at radius 2 is 1.77 bits per heavy atom. The molecule has 0 bridgehead atoms. The minimum atomic E-state index is -0.129. The summed E-state index contributed by atoms with van der Waals surface area (Å²) < 4.78 is 24.3. The Kier molecular flexibility index (Phi) is 7.54. The van der Waals surface area contributed by atoms with E-state index in [9.17, 15) is 4.79 Å². The number of tetrazole rings is 1. The molecule has 1 saturated carbocycles. The maximum atomic E-state index is 13.2. The van der Waals surface area contributed by atoms with Gasteiger partial charge in [-0.25, -0.2) is 4.68 Å². The highest BCUT2D eigenvalue weighted by molar-refractivity contribution is 5.83. The Morgan fingerprint density at radius 3 is 2.55 bits per heavy atom. The quantitative estimate of drug-likeness (QED) is 0.318. The van der Waals surface area contributed by atoms with Crippen LogP contribution in [0.5, 0.6) is 23.0 Å². The van der Waals surface area contributed by atoms with E-state index in [1.54, 1.807) is 14.2 Å². The van der Waals surface area contributed by atoms with Crippen molar-refractivity contribution < 1.29 is 18.9 Å². The number of methoxy groups -OCH3 is 2. The lowest BCUT2D eigenvalue weighted by Gasteiger charge is -2.23. The Balaban J connectivity index is 1.28. The molecule has 1 N–H and O–H groups in total. The summed E-state index contributed by atoms with van der Waals surface area (Å²) in [6, 6.07) is 12.0. The fourth-order valence-electron chi connectivity index (χ4n) is 5.63. The fraction of sp³-hybridized carbons (Fsp3) is 0.448. The molecule has 4 aromatic rings. The van der Waals surface area contributed by atoms with Crippen LogP contribution in [0.4, 0.5) is 0 Å². The van der Waals surface area contributed by atoms with Crippen LogP contribution in [0.2, 0.25) is 0 Å². The summed E-state index contributed by atoms with van der Waals surface area (Å²) in [6.07, 6.45) is 5.31. The lowest BCUT2D eigenvalue weighted by Crippen LogP contribution is -2.30. The average Bonchev–Trinajstić information content (AvgIpc) is 3.67. The summed E-state index contributed by atoms with van der Waals surface area (Å²) in [5, 5.41) is 13.6. The first-order valence-electron chi connectivity index (χ1n) is 13.8. The van der Waals surface area contributed by atoms with E-state index >= 15 is 0 Å². The van der Waals surface area contributed by atoms with Gasteiger partial charge in [-0.15, -0.1) is 5.10 Å². The number of fused-ring (bicyclic) bond motifs is 2. The van der Waals surface area contributed by atoms with Crippen molar-refractivity contribution in [2.24, 2.45) is 0 Å². The van der Waals surface area contributed by atoms with Crippen LogP contribution in [0.25, 0.3) is 10.9 Å². The lowest BCUT2D eigenvalue weighted by atomic mass is 10.1. The van der Waals surface area contributed by atoms with E-state index in [1.807, 2.05) is 41.1 Å². The molecule has 0 saturated heterocycles. The smallest absolute Gasteiger partial charge is 0.252 e. The Bertz CT molecular complexity index is 1540. The number of pyridine rings is 1. The van der Waals surface area contributed by atoms with Crippen molar-refractivity contribution in [2.45, 2.75) is 51.2 Å². The second-order valence-electron chi connectivity index (χ2n) is 10.3. The zero-order valence-corrected chi connectivity index (χ0v) is 22.9. The van der Waals surface area contributed by atoms with Gasteiger partial charge < -0.3 is 23.9 Å². The van der Waals surface area contributed by atoms with Gasteiger partial charge in [0.15, 0.2) is 28.8 Å². The average molecular weight is 547 g/mol. The number of ether oxygens (including phenoxy) is 4. The SMILES string of the molecule is COc1ccc(CCN(Cc2cc3cc4c(cc3[nH]c2=O)OCCO4)Cc2nnnn2C2CCCC2)cc1OC. The summed E-state index contributed by atoms with van der Waals surface area (Å²) in [7, 11) is 3.26. The first kappa shape index (κ1) is 26.1. The monoisotopic (exact) mass is 546 g/mol. The molecule has 1 aliphatic heterocycles. The summed E-state index contributed by atoms with van der Waals surface area (Å²) in [6.45, 7) is 2.65. The van der Waals surface area contributed by atoms with Crippen LogP contribution >= 0.6 is 0 Å². The van der Waals surface area contributed by atoms with Gasteiger partial charge in [0.25, 0.3) is 5.56 Å². The van der Waals surface area contributed by atoms with Crippen LogP contribution in [0.1, 0.15) is 48.7 Å². The van der Waals surface area contributed by atoms with Crippen LogP contribution < -0.4 is 24.5 Å². The van der Waals surface area contributed by atoms with E-state index in [-0.39, 0.29) is 5.56 Å². The summed E-state index contributed by atoms with van der Waals surface area (Å²) >= 11 is 0. The van der Waals surface area contributed by atoms with Crippen LogP contribution in [0.3, 0.4) is 0 Å². The first-order chi connectivity index (χ1) is 19.6. The van der Waals surface area contributed by atoms with Gasteiger partial charge in [0.1, 0.15) is 13.2 Å². The molecular weight excluding hydrogens is 512 g/mol. The highest BCUT2D eigenvalue weighted by atomic mass is 16.6. The molecule has 6 rings (SSSR count). The van der Waals surface area contributed by atoms with E-state index in [1.165, 1.54) is 12.8 Å². The van der Waals surface area contributed by atoms with Crippen LogP contribution in [0, 0.1) is 0 Å². The fourth-order valence-corrected chi connectivity index (χ4v) is 5.63. The van der Waals surface area contributed by atoms with E-state index < -0.39 is 0 Å². The van der Waals surface area contributed by atoms with Crippen molar-refractivity contribution in [3.8, 4) is 23.0 Å². The highest BCUT2D eigenvalue weighted by Gasteiger charge is 2.23. The van der Waals surface area contributed by atoms with Crippen molar-refractivity contribution in [1.29, 1.82) is 0 Å². The summed E-state index contributed by atoms with van der Waals surface area (Å²) in [5.41, 5.74) is 2.36. The largest absolute Gasteiger partial charge is 0.493 e. The van der Waals surface area contributed by atoms with E-state index in [0.717, 1.165) is 41.6 Å². The predicted octanol–water partition coefficient (Wildman–Crippen LogP) is 3.66. The minimum absolute atomic E-state index is 0.129. The van der Waals surface area contributed by atoms with E-state index in [4.69, 9.17) is 18.9 Å². The van der Waals surface area contributed by atoms with Gasteiger partial charge in [0.05, 0.1) is 32.3 Å². The second kappa shape index (κ2) is 11.5. The molecule has 2 aliphatic rings. The van der Waals surface area contributed by atoms with Gasteiger partial charge in [-0.1, -0.05) is 18.9 Å².